The quantitative estimate of drug-likeness (QED) is 0.239. The Labute approximate surface area is 242 Å². The molecule has 2 N–H and O–H groups in total. The number of nitrogens with one attached hydrogen (secondary N) is 2. The molecule has 0 atom stereocenters. The van der Waals surface area contributed by atoms with Crippen LogP contribution in [0.5, 0.6) is 5.75 Å². The lowest BCUT2D eigenvalue weighted by Crippen LogP contribution is -2.42. The first-order valence-electron chi connectivity index (χ1n) is 14.2. The molecule has 1 aliphatic rings. The summed E-state index contributed by atoms with van der Waals surface area (Å²) in [6, 6.07) is 14.5. The number of carbonyl (C=O) groups is 1. The van der Waals surface area contributed by atoms with Crippen LogP contribution in [0.1, 0.15) is 52.0 Å². The van der Waals surface area contributed by atoms with Crippen molar-refractivity contribution in [2.24, 2.45) is 0 Å². The van der Waals surface area contributed by atoms with E-state index in [0.29, 0.717) is 18.1 Å². The highest BCUT2D eigenvalue weighted by Gasteiger charge is 2.26. The molecular weight excluding hydrogens is 537 g/mol. The molecule has 0 saturated heterocycles. The second-order valence-electron chi connectivity index (χ2n) is 11.7. The number of ether oxygens (including phenoxy) is 2. The van der Waals surface area contributed by atoms with Gasteiger partial charge in [-0.05, 0) is 82.3 Å². The van der Waals surface area contributed by atoms with Crippen molar-refractivity contribution in [3.8, 4) is 5.75 Å². The van der Waals surface area contributed by atoms with Crippen LogP contribution in [0.2, 0.25) is 0 Å². The lowest BCUT2D eigenvalue weighted by atomic mass is 9.93. The van der Waals surface area contributed by atoms with Crippen molar-refractivity contribution in [3.05, 3.63) is 78.6 Å². The van der Waals surface area contributed by atoms with Crippen molar-refractivity contribution >= 4 is 34.0 Å². The molecule has 11 heteroatoms. The van der Waals surface area contributed by atoms with E-state index < -0.39 is 5.60 Å². The molecule has 0 bridgehead atoms. The molecule has 0 radical (unpaired) electrons. The molecule has 0 unspecified atom stereocenters. The number of hydrogen-bond donors (Lipinski definition) is 2. The van der Waals surface area contributed by atoms with Crippen LogP contribution in [-0.2, 0) is 11.3 Å². The van der Waals surface area contributed by atoms with E-state index in [-0.39, 0.29) is 24.1 Å². The van der Waals surface area contributed by atoms with E-state index >= 15 is 0 Å². The van der Waals surface area contributed by atoms with Gasteiger partial charge in [0, 0.05) is 29.4 Å². The third-order valence-electron chi connectivity index (χ3n) is 7.23. The molecule has 1 aliphatic carbocycles. The molecule has 1 fully saturated rings. The summed E-state index contributed by atoms with van der Waals surface area (Å²) in [5.74, 6) is 1.06. The standard InChI is InChI=1S/C31H34FN7O3/c1-31(2,3)42-30(40)37-23-7-10-25(11-8-23)41-27-13-14-38-28(27)29(33-19-35-38)36-24-9-12-26-21(16-24)17-34-39(26)18-20-5-4-6-22(32)15-20/h4-6,9,12-17,19,23,25H,7-8,10-11,18H2,1-3H3,(H,37,40)(H,33,35,36). The lowest BCUT2D eigenvalue weighted by Gasteiger charge is -2.30. The number of aromatic nitrogens is 5. The second-order valence-corrected chi connectivity index (χ2v) is 11.7. The predicted octanol–water partition coefficient (Wildman–Crippen LogP) is 6.22. The minimum Gasteiger partial charge on any atom is -0.488 e. The van der Waals surface area contributed by atoms with Gasteiger partial charge in [-0.1, -0.05) is 12.1 Å². The SMILES string of the molecule is CC(C)(C)OC(=O)NC1CCC(Oc2ccn3ncnc(Nc4ccc5c(cnn5Cc5cccc(F)c5)c4)c23)CC1. The van der Waals surface area contributed by atoms with E-state index in [4.69, 9.17) is 9.47 Å². The molecule has 3 heterocycles. The molecular formula is C31H34FN7O3. The van der Waals surface area contributed by atoms with Crippen molar-refractivity contribution in [2.75, 3.05) is 5.32 Å². The van der Waals surface area contributed by atoms with Crippen LogP contribution >= 0.6 is 0 Å². The van der Waals surface area contributed by atoms with E-state index in [1.54, 1.807) is 16.8 Å². The van der Waals surface area contributed by atoms with Crippen molar-refractivity contribution in [1.82, 2.24) is 29.7 Å². The van der Waals surface area contributed by atoms with Crippen LogP contribution in [-0.4, -0.2) is 48.2 Å². The van der Waals surface area contributed by atoms with Gasteiger partial charge in [0.2, 0.25) is 0 Å². The average molecular weight is 572 g/mol. The summed E-state index contributed by atoms with van der Waals surface area (Å²) in [7, 11) is 0. The van der Waals surface area contributed by atoms with Gasteiger partial charge in [0.1, 0.15) is 23.3 Å². The zero-order valence-electron chi connectivity index (χ0n) is 23.9. The smallest absolute Gasteiger partial charge is 0.407 e. The highest BCUT2D eigenvalue weighted by Crippen LogP contribution is 2.32. The molecule has 0 spiro atoms. The van der Waals surface area contributed by atoms with Gasteiger partial charge in [0.05, 0.1) is 24.4 Å². The van der Waals surface area contributed by atoms with Crippen LogP contribution < -0.4 is 15.4 Å². The summed E-state index contributed by atoms with van der Waals surface area (Å²) >= 11 is 0. The summed E-state index contributed by atoms with van der Waals surface area (Å²) in [6.07, 6.45) is 8.03. The minimum absolute atomic E-state index is 0.0150. The predicted molar refractivity (Wildman–Crippen MR) is 158 cm³/mol. The summed E-state index contributed by atoms with van der Waals surface area (Å²) in [5.41, 5.74) is 2.86. The maximum atomic E-state index is 13.6. The van der Waals surface area contributed by atoms with Gasteiger partial charge in [-0.25, -0.2) is 18.7 Å². The number of nitrogens with zero attached hydrogens (tertiary/aromatic N) is 5. The molecule has 0 aliphatic heterocycles. The Morgan fingerprint density at radius 3 is 2.69 bits per heavy atom. The van der Waals surface area contributed by atoms with Crippen LogP contribution in [0.3, 0.4) is 0 Å². The minimum atomic E-state index is -0.521. The fourth-order valence-electron chi connectivity index (χ4n) is 5.33. The van der Waals surface area contributed by atoms with Crippen molar-refractivity contribution in [3.63, 3.8) is 0 Å². The van der Waals surface area contributed by atoms with Crippen molar-refractivity contribution in [2.45, 2.75) is 70.7 Å². The fraction of sp³-hybridized carbons (Fsp3) is 0.355. The number of rotatable bonds is 7. The molecule has 218 valence electrons. The first-order valence-corrected chi connectivity index (χ1v) is 14.2. The van der Waals surface area contributed by atoms with Crippen LogP contribution in [0.25, 0.3) is 16.4 Å². The van der Waals surface area contributed by atoms with Gasteiger partial charge in [0.15, 0.2) is 11.6 Å². The third-order valence-corrected chi connectivity index (χ3v) is 7.23. The van der Waals surface area contributed by atoms with E-state index in [9.17, 15) is 9.18 Å². The number of benzene rings is 2. The molecule has 2 aromatic carbocycles. The molecule has 1 amide bonds. The summed E-state index contributed by atoms with van der Waals surface area (Å²) < 4.78 is 29.1. The Balaban J connectivity index is 1.13. The van der Waals surface area contributed by atoms with E-state index in [2.05, 4.69) is 25.8 Å². The third kappa shape index (κ3) is 6.29. The van der Waals surface area contributed by atoms with Gasteiger partial charge < -0.3 is 20.1 Å². The number of alkyl carbamates (subject to hydrolysis) is 1. The Hall–Kier alpha value is -4.67. The van der Waals surface area contributed by atoms with Crippen LogP contribution in [0.15, 0.2) is 67.3 Å². The normalized spacial score (nSPS) is 17.3. The maximum absolute atomic E-state index is 13.6. The zero-order valence-corrected chi connectivity index (χ0v) is 23.9. The Bertz CT molecular complexity index is 1720. The topological polar surface area (TPSA) is 108 Å². The Kier molecular flexibility index (Phi) is 7.40. The summed E-state index contributed by atoms with van der Waals surface area (Å²) in [5, 5.41) is 16.2. The first-order chi connectivity index (χ1) is 20.2. The van der Waals surface area contributed by atoms with Crippen molar-refractivity contribution < 1.29 is 18.7 Å². The molecule has 3 aromatic heterocycles. The molecule has 1 saturated carbocycles. The van der Waals surface area contributed by atoms with Gasteiger partial charge >= 0.3 is 6.09 Å². The molecule has 10 nitrogen and oxygen atoms in total. The van der Waals surface area contributed by atoms with E-state index in [0.717, 1.165) is 53.4 Å². The van der Waals surface area contributed by atoms with Crippen LogP contribution in [0.4, 0.5) is 20.7 Å². The Morgan fingerprint density at radius 2 is 1.90 bits per heavy atom. The van der Waals surface area contributed by atoms with Crippen LogP contribution in [0, 0.1) is 5.82 Å². The number of amides is 1. The monoisotopic (exact) mass is 571 g/mol. The van der Waals surface area contributed by atoms with Gasteiger partial charge in [-0.2, -0.15) is 10.2 Å². The highest BCUT2D eigenvalue weighted by molar-refractivity contribution is 5.86. The number of anilines is 2. The largest absolute Gasteiger partial charge is 0.488 e. The van der Waals surface area contributed by atoms with Crippen molar-refractivity contribution in [1.29, 1.82) is 0 Å². The average Bonchev–Trinajstić information content (AvgIpc) is 3.53. The number of carbonyl (C=O) groups excluding carboxylic acids is 1. The zero-order chi connectivity index (χ0) is 29.3. The van der Waals surface area contributed by atoms with Gasteiger partial charge in [0.25, 0.3) is 0 Å². The number of hydrogen-bond acceptors (Lipinski definition) is 7. The number of fused-ring (bicyclic) bond motifs is 2. The molecule has 42 heavy (non-hydrogen) atoms. The molecule has 6 rings (SSSR count). The van der Waals surface area contributed by atoms with Gasteiger partial charge in [-0.3, -0.25) is 4.68 Å². The number of halogens is 1. The fourth-order valence-corrected chi connectivity index (χ4v) is 5.33. The van der Waals surface area contributed by atoms with Gasteiger partial charge in [-0.15, -0.1) is 0 Å². The van der Waals surface area contributed by atoms with E-state index in [1.807, 2.05) is 62.0 Å². The summed E-state index contributed by atoms with van der Waals surface area (Å²) in [4.78, 5) is 16.7. The van der Waals surface area contributed by atoms with E-state index in [1.165, 1.54) is 18.5 Å². The first kappa shape index (κ1) is 27.5. The maximum Gasteiger partial charge on any atom is 0.407 e. The molecule has 5 aromatic rings. The Morgan fingerprint density at radius 1 is 1.07 bits per heavy atom. The summed E-state index contributed by atoms with van der Waals surface area (Å²) in [6.45, 7) is 6.05. The highest BCUT2D eigenvalue weighted by atomic mass is 19.1. The second kappa shape index (κ2) is 11.3. The lowest BCUT2D eigenvalue weighted by molar-refractivity contribution is 0.0471.